The fraction of sp³-hybridized carbons (Fsp3) is 0.478. The zero-order valence-corrected chi connectivity index (χ0v) is 19.2. The van der Waals surface area contributed by atoms with Gasteiger partial charge in [0.25, 0.3) is 5.91 Å². The van der Waals surface area contributed by atoms with Crippen molar-refractivity contribution in [2.75, 3.05) is 25.0 Å². The Morgan fingerprint density at radius 2 is 1.81 bits per heavy atom. The van der Waals surface area contributed by atoms with Gasteiger partial charge in [-0.25, -0.2) is 4.98 Å². The molecule has 2 aromatic rings. The number of amides is 3. The minimum absolute atomic E-state index is 0.0635. The first-order valence-electron chi connectivity index (χ1n) is 10.7. The third-order valence-corrected chi connectivity index (χ3v) is 6.14. The molecule has 0 unspecified atom stereocenters. The number of aromatic nitrogens is 1. The molecule has 0 aliphatic carbocycles. The molecule has 1 aliphatic rings. The van der Waals surface area contributed by atoms with Crippen LogP contribution in [-0.4, -0.2) is 58.2 Å². The lowest BCUT2D eigenvalue weighted by Gasteiger charge is -2.26. The van der Waals surface area contributed by atoms with Crippen molar-refractivity contribution in [3.05, 3.63) is 46.5 Å². The summed E-state index contributed by atoms with van der Waals surface area (Å²) in [6, 6.07) is 7.19. The summed E-state index contributed by atoms with van der Waals surface area (Å²) in [5.41, 5.74) is 2.29. The molecule has 7 nitrogen and oxygen atoms in total. The number of likely N-dealkylation sites (tertiary alicyclic amines) is 1. The SMILES string of the molecule is Cc1ccc(C(=O)N(CC(=O)Nc2nc(CC(=O)N3CCCCC3)cs2)C(C)C)cc1. The van der Waals surface area contributed by atoms with E-state index in [2.05, 4.69) is 10.3 Å². The average Bonchev–Trinajstić information content (AvgIpc) is 3.19. The number of nitrogens with zero attached hydrogens (tertiary/aromatic N) is 3. The van der Waals surface area contributed by atoms with Crippen LogP contribution in [0.1, 0.15) is 54.7 Å². The zero-order valence-electron chi connectivity index (χ0n) is 18.4. The first-order valence-corrected chi connectivity index (χ1v) is 11.6. The largest absolute Gasteiger partial charge is 0.342 e. The van der Waals surface area contributed by atoms with Gasteiger partial charge in [0.1, 0.15) is 6.54 Å². The van der Waals surface area contributed by atoms with Crippen molar-refractivity contribution in [3.63, 3.8) is 0 Å². The monoisotopic (exact) mass is 442 g/mol. The van der Waals surface area contributed by atoms with E-state index in [9.17, 15) is 14.4 Å². The zero-order chi connectivity index (χ0) is 22.4. The summed E-state index contributed by atoms with van der Waals surface area (Å²) in [6.45, 7) is 7.29. The van der Waals surface area contributed by atoms with E-state index in [4.69, 9.17) is 0 Å². The summed E-state index contributed by atoms with van der Waals surface area (Å²) in [5.74, 6) is -0.410. The molecule has 1 N–H and O–H groups in total. The topological polar surface area (TPSA) is 82.6 Å². The summed E-state index contributed by atoms with van der Waals surface area (Å²) < 4.78 is 0. The fourth-order valence-electron chi connectivity index (χ4n) is 3.52. The van der Waals surface area contributed by atoms with Crippen LogP contribution in [0, 0.1) is 6.92 Å². The molecule has 166 valence electrons. The third-order valence-electron chi connectivity index (χ3n) is 5.34. The number of hydrogen-bond acceptors (Lipinski definition) is 5. The van der Waals surface area contributed by atoms with Crippen molar-refractivity contribution in [2.24, 2.45) is 0 Å². The van der Waals surface area contributed by atoms with Crippen LogP contribution >= 0.6 is 11.3 Å². The lowest BCUT2D eigenvalue weighted by Crippen LogP contribution is -2.42. The molecule has 31 heavy (non-hydrogen) atoms. The Bertz CT molecular complexity index is 917. The van der Waals surface area contributed by atoms with Gasteiger partial charge in [-0.3, -0.25) is 14.4 Å². The molecular weight excluding hydrogens is 412 g/mol. The highest BCUT2D eigenvalue weighted by atomic mass is 32.1. The Balaban J connectivity index is 1.57. The molecule has 0 bridgehead atoms. The predicted molar refractivity (Wildman–Crippen MR) is 122 cm³/mol. The van der Waals surface area contributed by atoms with Gasteiger partial charge < -0.3 is 15.1 Å². The van der Waals surface area contributed by atoms with Crippen LogP contribution in [0.5, 0.6) is 0 Å². The molecule has 1 fully saturated rings. The number of hydrogen-bond donors (Lipinski definition) is 1. The number of anilines is 1. The maximum Gasteiger partial charge on any atom is 0.254 e. The second kappa shape index (κ2) is 10.5. The molecule has 3 amide bonds. The van der Waals surface area contributed by atoms with Gasteiger partial charge in [0, 0.05) is 30.1 Å². The lowest BCUT2D eigenvalue weighted by atomic mass is 10.1. The van der Waals surface area contributed by atoms with Crippen LogP contribution < -0.4 is 5.32 Å². The second-order valence-corrected chi connectivity index (χ2v) is 9.06. The molecule has 8 heteroatoms. The van der Waals surface area contributed by atoms with Crippen molar-refractivity contribution >= 4 is 34.2 Å². The van der Waals surface area contributed by atoms with E-state index >= 15 is 0 Å². The highest BCUT2D eigenvalue weighted by Crippen LogP contribution is 2.18. The first kappa shape index (κ1) is 22.9. The van der Waals surface area contributed by atoms with Crippen molar-refractivity contribution < 1.29 is 14.4 Å². The Morgan fingerprint density at radius 3 is 2.45 bits per heavy atom. The van der Waals surface area contributed by atoms with Gasteiger partial charge in [-0.05, 0) is 52.2 Å². The van der Waals surface area contributed by atoms with Crippen LogP contribution in [0.3, 0.4) is 0 Å². The van der Waals surface area contributed by atoms with Gasteiger partial charge in [-0.1, -0.05) is 17.7 Å². The number of benzene rings is 1. The van der Waals surface area contributed by atoms with E-state index in [-0.39, 0.29) is 36.7 Å². The maximum atomic E-state index is 12.9. The highest BCUT2D eigenvalue weighted by molar-refractivity contribution is 7.13. The van der Waals surface area contributed by atoms with E-state index in [0.717, 1.165) is 31.5 Å². The highest BCUT2D eigenvalue weighted by Gasteiger charge is 2.22. The number of carbonyl (C=O) groups excluding carboxylic acids is 3. The van der Waals surface area contributed by atoms with E-state index in [0.29, 0.717) is 16.4 Å². The van der Waals surface area contributed by atoms with Gasteiger partial charge in [0.05, 0.1) is 12.1 Å². The normalized spacial score (nSPS) is 13.9. The molecule has 2 heterocycles. The molecule has 0 spiro atoms. The number of thiazole rings is 1. The Morgan fingerprint density at radius 1 is 1.13 bits per heavy atom. The van der Waals surface area contributed by atoms with E-state index in [1.807, 2.05) is 37.8 Å². The number of carbonyl (C=O) groups is 3. The Hall–Kier alpha value is -2.74. The summed E-state index contributed by atoms with van der Waals surface area (Å²) in [5, 5.41) is 5.01. The molecule has 0 radical (unpaired) electrons. The number of piperidine rings is 1. The minimum Gasteiger partial charge on any atom is -0.342 e. The van der Waals surface area contributed by atoms with Crippen LogP contribution in [-0.2, 0) is 16.0 Å². The summed E-state index contributed by atoms with van der Waals surface area (Å²) in [4.78, 5) is 45.7. The first-order chi connectivity index (χ1) is 14.8. The molecule has 1 aliphatic heterocycles. The van der Waals surface area contributed by atoms with Crippen molar-refractivity contribution in [1.29, 1.82) is 0 Å². The molecule has 1 saturated heterocycles. The van der Waals surface area contributed by atoms with E-state index in [1.54, 1.807) is 17.5 Å². The van der Waals surface area contributed by atoms with Gasteiger partial charge in [-0.15, -0.1) is 11.3 Å². The molecule has 1 aromatic carbocycles. The molecule has 0 atom stereocenters. The second-order valence-electron chi connectivity index (χ2n) is 8.20. The van der Waals surface area contributed by atoms with E-state index in [1.165, 1.54) is 22.7 Å². The quantitative estimate of drug-likeness (QED) is 0.712. The number of aryl methyl sites for hydroxylation is 1. The fourth-order valence-corrected chi connectivity index (χ4v) is 4.25. The van der Waals surface area contributed by atoms with Gasteiger partial charge in [0.2, 0.25) is 11.8 Å². The summed E-state index contributed by atoms with van der Waals surface area (Å²) >= 11 is 1.29. The minimum atomic E-state index is -0.308. The van der Waals surface area contributed by atoms with Crippen LogP contribution in [0.25, 0.3) is 0 Å². The van der Waals surface area contributed by atoms with Crippen LogP contribution in [0.4, 0.5) is 5.13 Å². The predicted octanol–water partition coefficient (Wildman–Crippen LogP) is 3.50. The number of nitrogens with one attached hydrogen (secondary N) is 1. The van der Waals surface area contributed by atoms with Crippen LogP contribution in [0.2, 0.25) is 0 Å². The summed E-state index contributed by atoms with van der Waals surface area (Å²) in [7, 11) is 0. The van der Waals surface area contributed by atoms with E-state index < -0.39 is 0 Å². The standard InChI is InChI=1S/C23H30N4O3S/c1-16(2)27(22(30)18-9-7-17(3)8-10-18)14-20(28)25-23-24-19(15-31-23)13-21(29)26-11-5-4-6-12-26/h7-10,15-16H,4-6,11-14H2,1-3H3,(H,24,25,28). The lowest BCUT2D eigenvalue weighted by molar-refractivity contribution is -0.131. The maximum absolute atomic E-state index is 12.9. The Labute approximate surface area is 187 Å². The molecular formula is C23H30N4O3S. The molecule has 1 aromatic heterocycles. The van der Waals surface area contributed by atoms with Gasteiger partial charge in [-0.2, -0.15) is 0 Å². The molecule has 0 saturated carbocycles. The van der Waals surface area contributed by atoms with Gasteiger partial charge >= 0.3 is 0 Å². The van der Waals surface area contributed by atoms with Crippen molar-refractivity contribution in [3.8, 4) is 0 Å². The summed E-state index contributed by atoms with van der Waals surface area (Å²) in [6.07, 6.45) is 3.53. The number of rotatable bonds is 7. The third kappa shape index (κ3) is 6.37. The van der Waals surface area contributed by atoms with Crippen molar-refractivity contribution in [1.82, 2.24) is 14.8 Å². The Kier molecular flexibility index (Phi) is 7.79. The smallest absolute Gasteiger partial charge is 0.254 e. The average molecular weight is 443 g/mol. The van der Waals surface area contributed by atoms with Crippen molar-refractivity contribution in [2.45, 2.75) is 52.5 Å². The van der Waals surface area contributed by atoms with Gasteiger partial charge in [0.15, 0.2) is 5.13 Å². The molecule has 3 rings (SSSR count). The van der Waals surface area contributed by atoms with Crippen LogP contribution in [0.15, 0.2) is 29.6 Å².